The predicted octanol–water partition coefficient (Wildman–Crippen LogP) is 9.58. The molecular formula is C33H74N2O8S6Se2-4. The molecule has 0 bridgehead atoms. The van der Waals surface area contributed by atoms with Crippen molar-refractivity contribution in [2.45, 2.75) is 157 Å². The molecule has 18 heteroatoms. The molecule has 1 amide bonds. The Kier molecular flexibility index (Phi) is 80.4. The molecule has 0 radical (unpaired) electrons. The summed E-state index contributed by atoms with van der Waals surface area (Å²) in [6.07, 6.45) is 0.322. The van der Waals surface area contributed by atoms with Crippen LogP contribution in [0, 0.1) is 0 Å². The molecule has 0 aromatic heterocycles. The molecule has 0 saturated heterocycles. The van der Waals surface area contributed by atoms with Gasteiger partial charge in [-0.3, -0.25) is 4.79 Å². The van der Waals surface area contributed by atoms with Crippen molar-refractivity contribution in [1.82, 2.24) is 9.80 Å². The van der Waals surface area contributed by atoms with Crippen molar-refractivity contribution in [3.8, 4) is 0 Å². The van der Waals surface area contributed by atoms with Gasteiger partial charge < -0.3 is 66.2 Å². The summed E-state index contributed by atoms with van der Waals surface area (Å²) in [6.45, 7) is 22.6. The molecule has 0 unspecified atom stereocenters. The van der Waals surface area contributed by atoms with Crippen molar-refractivity contribution in [3.63, 3.8) is 0 Å². The molecule has 0 atom stereocenters. The Balaban J connectivity index is -0.0000000412. The molecule has 0 N–H and O–H groups in total. The summed E-state index contributed by atoms with van der Waals surface area (Å²) in [4.78, 5) is 23.7. The van der Waals surface area contributed by atoms with Gasteiger partial charge in [-0.1, -0.05) is 37.1 Å². The third-order valence-corrected chi connectivity index (χ3v) is 4.08. The number of amides is 1. The second-order valence-electron chi connectivity index (χ2n) is 10.3. The number of carbonyl (C=O) groups is 2. The van der Waals surface area contributed by atoms with Gasteiger partial charge in [0.2, 0.25) is 0 Å². The Morgan fingerprint density at radius 3 is 0.765 bits per heavy atom. The number of rotatable bonds is 6. The summed E-state index contributed by atoms with van der Waals surface area (Å²) in [5, 5.41) is -0.0833. The fourth-order valence-electron chi connectivity index (χ4n) is 1.38. The minimum atomic E-state index is -0.630. The SMILES string of the molecule is C.C.C.C.C.CC(C)OC(=O)N(C)C.CC(C)OC(=O)[S-].CC(C)OC(=S)N(C)C.CC(C)OC(=S)[S-].CC(C)OC(=S)[Se-].CC(C)OC(=S)[Se-]. The van der Waals surface area contributed by atoms with Crippen LogP contribution in [0.15, 0.2) is 0 Å². The van der Waals surface area contributed by atoms with Crippen LogP contribution < -0.4 is 0 Å². The van der Waals surface area contributed by atoms with Crippen molar-refractivity contribution < 1.29 is 38.0 Å². The van der Waals surface area contributed by atoms with Crippen LogP contribution in [0.4, 0.5) is 9.59 Å². The van der Waals surface area contributed by atoms with E-state index in [4.69, 9.17) is 35.9 Å². The molecule has 316 valence electrons. The van der Waals surface area contributed by atoms with E-state index >= 15 is 0 Å². The van der Waals surface area contributed by atoms with Crippen LogP contribution in [-0.4, -0.2) is 135 Å². The average molecular weight is 977 g/mol. The summed E-state index contributed by atoms with van der Waals surface area (Å²) >= 11 is 32.2. The Bertz CT molecular complexity index is 731. The quantitative estimate of drug-likeness (QED) is 0.109. The Morgan fingerprint density at radius 2 is 0.725 bits per heavy atom. The van der Waals surface area contributed by atoms with Gasteiger partial charge in [-0.15, -0.1) is 0 Å². The second-order valence-corrected chi connectivity index (χ2v) is 15.5. The van der Waals surface area contributed by atoms with Gasteiger partial charge in [-0.25, -0.2) is 4.79 Å². The van der Waals surface area contributed by atoms with Gasteiger partial charge in [0.05, 0.1) is 24.4 Å². The van der Waals surface area contributed by atoms with Gasteiger partial charge in [0.15, 0.2) is 5.30 Å². The first-order valence-electron chi connectivity index (χ1n) is 13.8. The van der Waals surface area contributed by atoms with Crippen molar-refractivity contribution in [2.75, 3.05) is 28.2 Å². The normalized spacial score (nSPS) is 8.27. The third kappa shape index (κ3) is 113. The first-order valence-corrected chi connectivity index (χ1v) is 18.0. The molecule has 0 aromatic rings. The number of nitrogens with zero attached hydrogens (tertiary/aromatic N) is 2. The van der Waals surface area contributed by atoms with Gasteiger partial charge in [-0.05, 0) is 67.6 Å². The molecule has 0 aliphatic carbocycles. The molecule has 0 aliphatic rings. The minimum absolute atomic E-state index is 0. The van der Waals surface area contributed by atoms with Crippen molar-refractivity contribution in [2.24, 2.45) is 0 Å². The zero-order valence-corrected chi connectivity index (χ0v) is 38.2. The van der Waals surface area contributed by atoms with Gasteiger partial charge in [0, 0.05) is 32.6 Å². The van der Waals surface area contributed by atoms with Crippen LogP contribution in [0.25, 0.3) is 0 Å². The number of thiocarbonyl (C=S) groups is 4. The topological polar surface area (TPSA) is 96.0 Å². The van der Waals surface area contributed by atoms with Crippen LogP contribution in [0.3, 0.4) is 0 Å². The molecule has 0 aromatic carbocycles. The van der Waals surface area contributed by atoms with Crippen LogP contribution in [0.2, 0.25) is 0 Å². The van der Waals surface area contributed by atoms with E-state index in [0.29, 0.717) is 13.1 Å². The van der Waals surface area contributed by atoms with Crippen molar-refractivity contribution >= 4 is 135 Å². The summed E-state index contributed by atoms with van der Waals surface area (Å²) in [5.74, 6) is 0. The summed E-state index contributed by atoms with van der Waals surface area (Å²) < 4.78 is 30.2. The van der Waals surface area contributed by atoms with Gasteiger partial charge in [0.1, 0.15) is 0 Å². The third-order valence-electron chi connectivity index (χ3n) is 2.73. The van der Waals surface area contributed by atoms with Crippen LogP contribution in [0.1, 0.15) is 120 Å². The molecule has 0 aliphatic heterocycles. The van der Waals surface area contributed by atoms with Crippen LogP contribution in [-0.2, 0) is 53.7 Å². The summed E-state index contributed by atoms with van der Waals surface area (Å²) in [7, 11) is 7.05. The molecule has 10 nitrogen and oxygen atoms in total. The fourth-order valence-corrected chi connectivity index (χ4v) is 3.35. The van der Waals surface area contributed by atoms with E-state index in [0.717, 1.165) is 0 Å². The molecule has 0 fully saturated rings. The standard InChI is InChI=1S/C6H13NO2.C6H13NOS.C4H8O2S.C4H8OS2.2C4H8OSSe.5CH4/c1-5(2)9-6(8)7(3)4;1-5(2)8-6(9)7(3)4;1-3(2)6-4(5)7;3*1-3(2)5-4(6)7;;;;;/h2*5H,1-4H3;3H,1-2H3,(H,5,7);3*3H,1-2H3,(H,6,7);5*1H4/p-4. The molecule has 0 spiro atoms. The molecule has 0 heterocycles. The zero-order chi connectivity index (χ0) is 38.3. The maximum atomic E-state index is 10.7. The van der Waals surface area contributed by atoms with Crippen molar-refractivity contribution in [3.05, 3.63) is 0 Å². The Hall–Kier alpha value is -0.421. The average Bonchev–Trinajstić information content (AvgIpc) is 2.76. The summed E-state index contributed by atoms with van der Waals surface area (Å²) in [6, 6.07) is 0. The Morgan fingerprint density at radius 1 is 0.471 bits per heavy atom. The second kappa shape index (κ2) is 51.7. The summed E-state index contributed by atoms with van der Waals surface area (Å²) in [5.41, 5.74) is 0. The first-order chi connectivity index (χ1) is 20.6. The number of hydrogen-bond donors (Lipinski definition) is 0. The van der Waals surface area contributed by atoms with Crippen LogP contribution >= 0.6 is 48.9 Å². The van der Waals surface area contributed by atoms with E-state index in [9.17, 15) is 9.59 Å². The van der Waals surface area contributed by atoms with Gasteiger partial charge in [0.25, 0.3) is 5.17 Å². The van der Waals surface area contributed by atoms with Crippen LogP contribution in [0.5, 0.6) is 0 Å². The number of carbonyl (C=O) groups excluding carboxylic acids is 2. The van der Waals surface area contributed by atoms with E-state index in [1.165, 1.54) is 4.90 Å². The van der Waals surface area contributed by atoms with Gasteiger partial charge >= 0.3 is 120 Å². The molecule has 51 heavy (non-hydrogen) atoms. The van der Waals surface area contributed by atoms with E-state index in [1.54, 1.807) is 32.8 Å². The predicted molar refractivity (Wildman–Crippen MR) is 246 cm³/mol. The monoisotopic (exact) mass is 978 g/mol. The molecule has 0 rings (SSSR count). The van der Waals surface area contributed by atoms with E-state index < -0.39 is 5.30 Å². The number of hydrogen-bond acceptors (Lipinski definition) is 14. The first kappa shape index (κ1) is 79.4. The molecular weight excluding hydrogens is 903 g/mol. The number of ether oxygens (including phenoxy) is 6. The van der Waals surface area contributed by atoms with E-state index in [2.05, 4.69) is 98.7 Å². The van der Waals surface area contributed by atoms with Gasteiger partial charge in [-0.2, -0.15) is 0 Å². The van der Waals surface area contributed by atoms with Crippen molar-refractivity contribution in [1.29, 1.82) is 0 Å². The zero-order valence-electron chi connectivity index (χ0n) is 29.9. The molecule has 0 saturated carbocycles. The van der Waals surface area contributed by atoms with E-state index in [-0.39, 0.29) is 84.2 Å². The fraction of sp³-hybridized carbons (Fsp3) is 0.818. The Labute approximate surface area is 365 Å². The maximum absolute atomic E-state index is 10.7. The van der Waals surface area contributed by atoms with E-state index in [1.807, 2.05) is 83.3 Å².